The predicted octanol–water partition coefficient (Wildman–Crippen LogP) is 5.06. The van der Waals surface area contributed by atoms with E-state index in [4.69, 9.17) is 4.42 Å². The summed E-state index contributed by atoms with van der Waals surface area (Å²) in [5.74, 6) is 0.0806. The number of carbonyl (C=O) groups is 2. The molecule has 1 N–H and O–H groups in total. The van der Waals surface area contributed by atoms with Crippen molar-refractivity contribution in [1.82, 2.24) is 0 Å². The van der Waals surface area contributed by atoms with Crippen molar-refractivity contribution in [1.29, 1.82) is 0 Å². The molecule has 0 radical (unpaired) electrons. The lowest BCUT2D eigenvalue weighted by molar-refractivity contribution is -0.116. The van der Waals surface area contributed by atoms with E-state index >= 15 is 0 Å². The fourth-order valence-electron chi connectivity index (χ4n) is 4.16. The van der Waals surface area contributed by atoms with Crippen LogP contribution >= 0.6 is 0 Å². The van der Waals surface area contributed by atoms with Crippen LogP contribution in [0, 0.1) is 6.92 Å². The maximum Gasteiger partial charge on any atom is 0.291 e. The maximum atomic E-state index is 12.9. The molecule has 5 rings (SSSR count). The first-order valence-electron chi connectivity index (χ1n) is 9.66. The summed E-state index contributed by atoms with van der Waals surface area (Å²) in [5.41, 5.74) is 4.24. The summed E-state index contributed by atoms with van der Waals surface area (Å²) in [6, 6.07) is 17.7. The summed E-state index contributed by atoms with van der Waals surface area (Å²) in [7, 11) is 0. The van der Waals surface area contributed by atoms with Crippen molar-refractivity contribution in [3.8, 4) is 0 Å². The minimum atomic E-state index is -0.274. The van der Waals surface area contributed by atoms with Gasteiger partial charge in [-0.2, -0.15) is 0 Å². The van der Waals surface area contributed by atoms with Crippen LogP contribution in [0.15, 0.2) is 59.0 Å². The number of amides is 2. The van der Waals surface area contributed by atoms with Gasteiger partial charge in [-0.25, -0.2) is 0 Å². The molecule has 0 saturated carbocycles. The highest BCUT2D eigenvalue weighted by Gasteiger charge is 2.23. The van der Waals surface area contributed by atoms with Crippen molar-refractivity contribution in [2.75, 3.05) is 16.8 Å². The lowest BCUT2D eigenvalue weighted by atomic mass is 10.1. The molecular formula is C24H20N2O3. The van der Waals surface area contributed by atoms with E-state index in [1.807, 2.05) is 61.5 Å². The smallest absolute Gasteiger partial charge is 0.291 e. The van der Waals surface area contributed by atoms with E-state index in [1.165, 1.54) is 0 Å². The quantitative estimate of drug-likeness (QED) is 0.526. The van der Waals surface area contributed by atoms with Crippen LogP contribution in [-0.4, -0.2) is 18.4 Å². The molecule has 3 aromatic carbocycles. The summed E-state index contributed by atoms with van der Waals surface area (Å²) in [4.78, 5) is 26.4. The molecule has 4 aromatic rings. The average molecular weight is 384 g/mol. The number of aryl methyl sites for hydroxylation is 1. The Morgan fingerprint density at radius 2 is 1.86 bits per heavy atom. The van der Waals surface area contributed by atoms with Crippen molar-refractivity contribution in [2.45, 2.75) is 20.3 Å². The molecule has 0 saturated heterocycles. The molecule has 0 spiro atoms. The number of nitrogens with one attached hydrogen (secondary N) is 1. The van der Waals surface area contributed by atoms with Crippen LogP contribution in [0.1, 0.15) is 28.6 Å². The van der Waals surface area contributed by atoms with Crippen molar-refractivity contribution in [3.63, 3.8) is 0 Å². The van der Waals surface area contributed by atoms with Crippen LogP contribution in [0.4, 0.5) is 11.4 Å². The van der Waals surface area contributed by atoms with Crippen LogP contribution in [-0.2, 0) is 11.2 Å². The lowest BCUT2D eigenvalue weighted by Gasteiger charge is -2.15. The number of rotatable bonds is 2. The third-order valence-corrected chi connectivity index (χ3v) is 5.65. The number of carbonyl (C=O) groups excluding carboxylic acids is 2. The Morgan fingerprint density at radius 3 is 2.69 bits per heavy atom. The van der Waals surface area contributed by atoms with E-state index < -0.39 is 0 Å². The Kier molecular flexibility index (Phi) is 3.91. The molecule has 2 heterocycles. The van der Waals surface area contributed by atoms with E-state index in [2.05, 4.69) is 5.32 Å². The standard InChI is InChI=1S/C24H20N2O3/c1-14-19-9-7-16-5-3-4-6-20(16)23(19)29-22(14)24(28)25-18-8-10-21-17(13-18)11-12-26(21)15(2)27/h3-10,13H,11-12H2,1-2H3,(H,25,28). The zero-order valence-corrected chi connectivity index (χ0v) is 16.3. The number of hydrogen-bond acceptors (Lipinski definition) is 3. The van der Waals surface area contributed by atoms with Gasteiger partial charge in [0.25, 0.3) is 5.91 Å². The molecule has 0 unspecified atom stereocenters. The summed E-state index contributed by atoms with van der Waals surface area (Å²) in [5, 5.41) is 5.96. The Bertz CT molecular complexity index is 1300. The first-order chi connectivity index (χ1) is 14.0. The minimum absolute atomic E-state index is 0.0330. The van der Waals surface area contributed by atoms with E-state index in [9.17, 15) is 9.59 Å². The normalized spacial score (nSPS) is 13.1. The monoisotopic (exact) mass is 384 g/mol. The van der Waals surface area contributed by atoms with Gasteiger partial charge in [0.1, 0.15) is 5.58 Å². The van der Waals surface area contributed by atoms with Gasteiger partial charge in [-0.3, -0.25) is 9.59 Å². The number of furan rings is 1. The molecule has 1 aromatic heterocycles. The number of fused-ring (bicyclic) bond motifs is 4. The maximum absolute atomic E-state index is 12.9. The van der Waals surface area contributed by atoms with Crippen LogP contribution in [0.25, 0.3) is 21.7 Å². The number of hydrogen-bond donors (Lipinski definition) is 1. The van der Waals surface area contributed by atoms with Gasteiger partial charge in [0.15, 0.2) is 5.76 Å². The number of nitrogens with zero attached hydrogens (tertiary/aromatic N) is 1. The highest BCUT2D eigenvalue weighted by Crippen LogP contribution is 2.33. The summed E-state index contributed by atoms with van der Waals surface area (Å²) in [6.45, 7) is 4.15. The van der Waals surface area contributed by atoms with Crippen molar-refractivity contribution < 1.29 is 14.0 Å². The predicted molar refractivity (Wildman–Crippen MR) is 115 cm³/mol. The minimum Gasteiger partial charge on any atom is -0.450 e. The van der Waals surface area contributed by atoms with E-state index in [1.54, 1.807) is 11.8 Å². The van der Waals surface area contributed by atoms with Crippen molar-refractivity contribution >= 4 is 44.9 Å². The third-order valence-electron chi connectivity index (χ3n) is 5.65. The summed E-state index contributed by atoms with van der Waals surface area (Å²) in [6.07, 6.45) is 0.786. The Balaban J connectivity index is 1.49. The second-order valence-corrected chi connectivity index (χ2v) is 7.44. The van der Waals surface area contributed by atoms with E-state index in [0.29, 0.717) is 18.0 Å². The van der Waals surface area contributed by atoms with Crippen LogP contribution in [0.2, 0.25) is 0 Å². The fourth-order valence-corrected chi connectivity index (χ4v) is 4.16. The highest BCUT2D eigenvalue weighted by atomic mass is 16.3. The Labute approximate surface area is 167 Å². The lowest BCUT2D eigenvalue weighted by Crippen LogP contribution is -2.25. The first-order valence-corrected chi connectivity index (χ1v) is 9.66. The van der Waals surface area contributed by atoms with Gasteiger partial charge >= 0.3 is 0 Å². The van der Waals surface area contributed by atoms with Gasteiger partial charge in [0.2, 0.25) is 5.91 Å². The van der Waals surface area contributed by atoms with E-state index in [-0.39, 0.29) is 11.8 Å². The Hall–Kier alpha value is -3.60. The second-order valence-electron chi connectivity index (χ2n) is 7.44. The van der Waals surface area contributed by atoms with E-state index in [0.717, 1.165) is 45.0 Å². The van der Waals surface area contributed by atoms with Crippen LogP contribution in [0.5, 0.6) is 0 Å². The average Bonchev–Trinajstić information content (AvgIpc) is 3.29. The van der Waals surface area contributed by atoms with Gasteiger partial charge < -0.3 is 14.6 Å². The molecule has 0 fully saturated rings. The molecular weight excluding hydrogens is 364 g/mol. The number of anilines is 2. The summed E-state index contributed by atoms with van der Waals surface area (Å²) < 4.78 is 6.02. The van der Waals surface area contributed by atoms with Crippen molar-refractivity contribution in [3.05, 3.63) is 71.5 Å². The molecule has 144 valence electrons. The third kappa shape index (κ3) is 2.78. The molecule has 1 aliphatic heterocycles. The highest BCUT2D eigenvalue weighted by molar-refractivity contribution is 6.11. The van der Waals surface area contributed by atoms with Gasteiger partial charge in [0.05, 0.1) is 0 Å². The zero-order chi connectivity index (χ0) is 20.1. The van der Waals surface area contributed by atoms with Crippen LogP contribution in [0.3, 0.4) is 0 Å². The largest absolute Gasteiger partial charge is 0.450 e. The summed E-state index contributed by atoms with van der Waals surface area (Å²) >= 11 is 0. The van der Waals surface area contributed by atoms with Gasteiger partial charge in [-0.1, -0.05) is 36.4 Å². The zero-order valence-electron chi connectivity index (χ0n) is 16.3. The molecule has 5 nitrogen and oxygen atoms in total. The molecule has 29 heavy (non-hydrogen) atoms. The van der Waals surface area contributed by atoms with Crippen molar-refractivity contribution in [2.24, 2.45) is 0 Å². The fraction of sp³-hybridized carbons (Fsp3) is 0.167. The molecule has 5 heteroatoms. The van der Waals surface area contributed by atoms with Gasteiger partial charge in [-0.15, -0.1) is 0 Å². The first kappa shape index (κ1) is 17.5. The number of benzene rings is 3. The SMILES string of the molecule is CC(=O)N1CCc2cc(NC(=O)c3oc4c(ccc5ccccc54)c3C)ccc21. The van der Waals surface area contributed by atoms with Crippen LogP contribution < -0.4 is 10.2 Å². The molecule has 0 atom stereocenters. The molecule has 0 aliphatic carbocycles. The molecule has 0 bridgehead atoms. The van der Waals surface area contributed by atoms with Gasteiger partial charge in [0, 0.05) is 41.2 Å². The van der Waals surface area contributed by atoms with Gasteiger partial charge in [-0.05, 0) is 42.5 Å². The Morgan fingerprint density at radius 1 is 1.03 bits per heavy atom. The molecule has 2 amide bonds. The topological polar surface area (TPSA) is 62.6 Å². The second kappa shape index (κ2) is 6.48. The molecule has 1 aliphatic rings.